The molecule has 0 aliphatic rings. The Morgan fingerprint density at radius 3 is 2.37 bits per heavy atom. The van der Waals surface area contributed by atoms with Crippen molar-refractivity contribution in [1.82, 2.24) is 0 Å². The number of carbonyl (C=O) groups is 1. The normalized spacial score (nSPS) is 11.9. The second kappa shape index (κ2) is 6.16. The molecule has 0 bridgehead atoms. The average molecular weight is 367 g/mol. The molecule has 0 heterocycles. The predicted molar refractivity (Wildman–Crippen MR) is 84.2 cm³/mol. The Balaban J connectivity index is 2.13. The minimum atomic E-state index is -0.500. The number of amides is 1. The van der Waals surface area contributed by atoms with E-state index >= 15 is 0 Å². The second-order valence-corrected chi connectivity index (χ2v) is 5.39. The van der Waals surface area contributed by atoms with E-state index in [4.69, 9.17) is 0 Å². The lowest BCUT2D eigenvalue weighted by Crippen LogP contribution is -2.13. The van der Waals surface area contributed by atoms with Crippen molar-refractivity contribution in [2.75, 3.05) is 5.32 Å². The van der Waals surface area contributed by atoms with Crippen LogP contribution in [0.2, 0.25) is 0 Å². The van der Waals surface area contributed by atoms with Crippen molar-refractivity contribution in [3.63, 3.8) is 0 Å². The molecular weight excluding hydrogens is 353 g/mol. The number of aliphatic hydroxyl groups excluding tert-OH is 1. The van der Waals surface area contributed by atoms with Crippen LogP contribution in [0.15, 0.2) is 48.5 Å². The molecule has 3 nitrogen and oxygen atoms in total. The summed E-state index contributed by atoms with van der Waals surface area (Å²) in [6.07, 6.45) is -0.500. The molecule has 0 aliphatic heterocycles. The highest BCUT2D eigenvalue weighted by molar-refractivity contribution is 14.1. The summed E-state index contributed by atoms with van der Waals surface area (Å²) in [5, 5.41) is 12.3. The third-order valence-electron chi connectivity index (χ3n) is 2.77. The van der Waals surface area contributed by atoms with Crippen molar-refractivity contribution in [2.45, 2.75) is 13.0 Å². The average Bonchev–Trinajstić information content (AvgIpc) is 2.39. The van der Waals surface area contributed by atoms with E-state index in [2.05, 4.69) is 27.9 Å². The lowest BCUT2D eigenvalue weighted by atomic mass is 10.1. The van der Waals surface area contributed by atoms with Gasteiger partial charge in [0.2, 0.25) is 0 Å². The van der Waals surface area contributed by atoms with Gasteiger partial charge in [0.25, 0.3) is 5.91 Å². The fourth-order valence-electron chi connectivity index (χ4n) is 1.69. The van der Waals surface area contributed by atoms with Gasteiger partial charge in [-0.05, 0) is 59.3 Å². The van der Waals surface area contributed by atoms with Gasteiger partial charge < -0.3 is 10.4 Å². The van der Waals surface area contributed by atoms with Crippen molar-refractivity contribution in [2.24, 2.45) is 0 Å². The van der Waals surface area contributed by atoms with Gasteiger partial charge in [-0.2, -0.15) is 0 Å². The number of hydrogen-bond donors (Lipinski definition) is 2. The Kier molecular flexibility index (Phi) is 4.55. The largest absolute Gasteiger partial charge is 0.389 e. The lowest BCUT2D eigenvalue weighted by Gasteiger charge is -2.09. The van der Waals surface area contributed by atoms with E-state index in [1.807, 2.05) is 18.2 Å². The summed E-state index contributed by atoms with van der Waals surface area (Å²) in [4.78, 5) is 12.1. The number of anilines is 1. The van der Waals surface area contributed by atoms with Gasteiger partial charge in [0, 0.05) is 9.26 Å². The van der Waals surface area contributed by atoms with Crippen LogP contribution in [-0.4, -0.2) is 11.0 Å². The summed E-state index contributed by atoms with van der Waals surface area (Å²) >= 11 is 2.14. The standard InChI is InChI=1S/C15H14INO2/c1-10(18)11-6-8-12(9-7-11)17-15(19)13-4-2-3-5-14(13)16/h2-10,18H,1H3,(H,17,19)/t10-/m0/s1. The van der Waals surface area contributed by atoms with Gasteiger partial charge >= 0.3 is 0 Å². The Morgan fingerprint density at radius 1 is 1.16 bits per heavy atom. The molecule has 0 unspecified atom stereocenters. The van der Waals surface area contributed by atoms with E-state index in [0.29, 0.717) is 11.3 Å². The molecular formula is C15H14INO2. The summed E-state index contributed by atoms with van der Waals surface area (Å²) in [6, 6.07) is 14.6. The van der Waals surface area contributed by atoms with Crippen molar-refractivity contribution in [1.29, 1.82) is 0 Å². The first-order chi connectivity index (χ1) is 9.08. The molecule has 2 aromatic rings. The van der Waals surface area contributed by atoms with Gasteiger partial charge in [0.1, 0.15) is 0 Å². The molecule has 0 fully saturated rings. The molecule has 1 amide bonds. The number of aliphatic hydroxyl groups is 1. The van der Waals surface area contributed by atoms with Crippen LogP contribution in [0.25, 0.3) is 0 Å². The first-order valence-corrected chi connectivity index (χ1v) is 6.99. The third kappa shape index (κ3) is 3.54. The van der Waals surface area contributed by atoms with E-state index < -0.39 is 6.10 Å². The Labute approximate surface area is 125 Å². The zero-order chi connectivity index (χ0) is 13.8. The van der Waals surface area contributed by atoms with Crippen LogP contribution in [0, 0.1) is 3.57 Å². The first-order valence-electron chi connectivity index (χ1n) is 5.92. The number of halogens is 1. The molecule has 0 aromatic heterocycles. The van der Waals surface area contributed by atoms with E-state index in [1.165, 1.54) is 0 Å². The van der Waals surface area contributed by atoms with Gasteiger partial charge in [-0.1, -0.05) is 24.3 Å². The topological polar surface area (TPSA) is 49.3 Å². The third-order valence-corrected chi connectivity index (χ3v) is 3.71. The van der Waals surface area contributed by atoms with Gasteiger partial charge in [-0.3, -0.25) is 4.79 Å². The highest BCUT2D eigenvalue weighted by Gasteiger charge is 2.09. The number of nitrogens with one attached hydrogen (secondary N) is 1. The minimum Gasteiger partial charge on any atom is -0.389 e. The highest BCUT2D eigenvalue weighted by atomic mass is 127. The molecule has 4 heteroatoms. The van der Waals surface area contributed by atoms with Gasteiger partial charge in [0.05, 0.1) is 11.7 Å². The van der Waals surface area contributed by atoms with E-state index in [9.17, 15) is 9.90 Å². The number of rotatable bonds is 3. The minimum absolute atomic E-state index is 0.130. The summed E-state index contributed by atoms with van der Waals surface area (Å²) in [6.45, 7) is 1.71. The van der Waals surface area contributed by atoms with Crippen LogP contribution in [0.1, 0.15) is 28.9 Å². The summed E-state index contributed by atoms with van der Waals surface area (Å²) < 4.78 is 0.915. The van der Waals surface area contributed by atoms with Crippen molar-refractivity contribution >= 4 is 34.2 Å². The van der Waals surface area contributed by atoms with E-state index in [0.717, 1.165) is 9.13 Å². The first kappa shape index (κ1) is 14.0. The van der Waals surface area contributed by atoms with Crippen LogP contribution >= 0.6 is 22.6 Å². The SMILES string of the molecule is C[C@H](O)c1ccc(NC(=O)c2ccccc2I)cc1. The molecule has 0 aliphatic carbocycles. The maximum Gasteiger partial charge on any atom is 0.256 e. The van der Waals surface area contributed by atoms with E-state index in [-0.39, 0.29) is 5.91 Å². The molecule has 0 radical (unpaired) electrons. The molecule has 0 saturated carbocycles. The highest BCUT2D eigenvalue weighted by Crippen LogP contribution is 2.17. The fourth-order valence-corrected chi connectivity index (χ4v) is 2.32. The quantitative estimate of drug-likeness (QED) is 0.815. The Bertz CT molecular complexity index is 579. The molecule has 2 N–H and O–H groups in total. The van der Waals surface area contributed by atoms with Crippen LogP contribution in [0.4, 0.5) is 5.69 Å². The Hall–Kier alpha value is -1.40. The smallest absolute Gasteiger partial charge is 0.256 e. The maximum atomic E-state index is 12.1. The molecule has 2 aromatic carbocycles. The number of carbonyl (C=O) groups excluding carboxylic acids is 1. The zero-order valence-corrected chi connectivity index (χ0v) is 12.6. The summed E-state index contributed by atoms with van der Waals surface area (Å²) in [7, 11) is 0. The Morgan fingerprint density at radius 2 is 1.79 bits per heavy atom. The predicted octanol–water partition coefficient (Wildman–Crippen LogP) is 3.60. The van der Waals surface area contributed by atoms with Crippen LogP contribution in [-0.2, 0) is 0 Å². The number of hydrogen-bond acceptors (Lipinski definition) is 2. The summed E-state index contributed by atoms with van der Waals surface area (Å²) in [5.74, 6) is -0.130. The second-order valence-electron chi connectivity index (χ2n) is 4.23. The van der Waals surface area contributed by atoms with E-state index in [1.54, 1.807) is 37.3 Å². The molecule has 1 atom stereocenters. The fraction of sp³-hybridized carbons (Fsp3) is 0.133. The van der Waals surface area contributed by atoms with Gasteiger partial charge in [-0.25, -0.2) is 0 Å². The number of benzene rings is 2. The van der Waals surface area contributed by atoms with Gasteiger partial charge in [-0.15, -0.1) is 0 Å². The van der Waals surface area contributed by atoms with Crippen molar-refractivity contribution in [3.8, 4) is 0 Å². The van der Waals surface area contributed by atoms with Crippen LogP contribution < -0.4 is 5.32 Å². The van der Waals surface area contributed by atoms with Gasteiger partial charge in [0.15, 0.2) is 0 Å². The van der Waals surface area contributed by atoms with Crippen LogP contribution in [0.5, 0.6) is 0 Å². The van der Waals surface area contributed by atoms with Crippen molar-refractivity contribution < 1.29 is 9.90 Å². The van der Waals surface area contributed by atoms with Crippen LogP contribution in [0.3, 0.4) is 0 Å². The lowest BCUT2D eigenvalue weighted by molar-refractivity contribution is 0.102. The molecule has 0 spiro atoms. The molecule has 98 valence electrons. The molecule has 19 heavy (non-hydrogen) atoms. The monoisotopic (exact) mass is 367 g/mol. The zero-order valence-electron chi connectivity index (χ0n) is 10.4. The summed E-state index contributed by atoms with van der Waals surface area (Å²) in [5.41, 5.74) is 2.20. The maximum absolute atomic E-state index is 12.1. The molecule has 0 saturated heterocycles. The molecule has 2 rings (SSSR count). The van der Waals surface area contributed by atoms with Crippen molar-refractivity contribution in [3.05, 3.63) is 63.2 Å².